The van der Waals surface area contributed by atoms with Crippen molar-refractivity contribution >= 4 is 17.6 Å². The molecule has 0 atom stereocenters. The highest BCUT2D eigenvalue weighted by atomic mass is 16.5. The van der Waals surface area contributed by atoms with E-state index in [4.69, 9.17) is 4.74 Å². The van der Waals surface area contributed by atoms with Crippen molar-refractivity contribution in [3.8, 4) is 0 Å². The zero-order valence-corrected chi connectivity index (χ0v) is 13.3. The Morgan fingerprint density at radius 1 is 1.14 bits per heavy atom. The highest BCUT2D eigenvalue weighted by molar-refractivity contribution is 5.95. The lowest BCUT2D eigenvalue weighted by Crippen LogP contribution is -2.41. The highest BCUT2D eigenvalue weighted by Crippen LogP contribution is 2.19. The standard InChI is InChI=1S/C16H24N2O3/c1-5-18(14-10-8-7-9-13(14)3)15(19)11-17(4)12-16(20)21-6-2/h7-10H,5-6,11-12H2,1-4H3. The summed E-state index contributed by atoms with van der Waals surface area (Å²) in [6, 6.07) is 7.78. The summed E-state index contributed by atoms with van der Waals surface area (Å²) in [6.07, 6.45) is 0. The number of ether oxygens (including phenoxy) is 1. The third-order valence-corrected chi connectivity index (χ3v) is 3.13. The van der Waals surface area contributed by atoms with Crippen LogP contribution >= 0.6 is 0 Å². The average molecular weight is 292 g/mol. The number of carbonyl (C=O) groups excluding carboxylic acids is 2. The van der Waals surface area contributed by atoms with Gasteiger partial charge in [-0.2, -0.15) is 0 Å². The van der Waals surface area contributed by atoms with E-state index in [0.29, 0.717) is 13.2 Å². The molecule has 0 spiro atoms. The van der Waals surface area contributed by atoms with E-state index in [1.165, 1.54) is 0 Å². The minimum Gasteiger partial charge on any atom is -0.465 e. The van der Waals surface area contributed by atoms with Crippen LogP contribution in [-0.4, -0.2) is 50.1 Å². The normalized spacial score (nSPS) is 10.5. The summed E-state index contributed by atoms with van der Waals surface area (Å²) >= 11 is 0. The first-order valence-corrected chi connectivity index (χ1v) is 7.19. The molecule has 1 amide bonds. The van der Waals surface area contributed by atoms with Crippen molar-refractivity contribution in [1.82, 2.24) is 4.90 Å². The molecule has 0 heterocycles. The molecule has 0 aliphatic carbocycles. The number of hydrogen-bond acceptors (Lipinski definition) is 4. The van der Waals surface area contributed by atoms with E-state index in [1.807, 2.05) is 38.1 Å². The van der Waals surface area contributed by atoms with Crippen molar-refractivity contribution in [3.63, 3.8) is 0 Å². The molecule has 116 valence electrons. The summed E-state index contributed by atoms with van der Waals surface area (Å²) in [7, 11) is 1.74. The molecule has 0 bridgehead atoms. The summed E-state index contributed by atoms with van der Waals surface area (Å²) in [5, 5.41) is 0. The maximum absolute atomic E-state index is 12.4. The second kappa shape index (κ2) is 8.42. The number of rotatable bonds is 7. The first-order chi connectivity index (χ1) is 9.99. The number of benzene rings is 1. The quantitative estimate of drug-likeness (QED) is 0.720. The van der Waals surface area contributed by atoms with Crippen LogP contribution in [0.4, 0.5) is 5.69 Å². The van der Waals surface area contributed by atoms with Crippen LogP contribution in [0.5, 0.6) is 0 Å². The average Bonchev–Trinajstić information content (AvgIpc) is 2.41. The van der Waals surface area contributed by atoms with Gasteiger partial charge < -0.3 is 9.64 Å². The fraction of sp³-hybridized carbons (Fsp3) is 0.500. The summed E-state index contributed by atoms with van der Waals surface area (Å²) in [4.78, 5) is 27.2. The second-order valence-electron chi connectivity index (χ2n) is 4.90. The molecule has 0 aromatic heterocycles. The van der Waals surface area contributed by atoms with Crippen molar-refractivity contribution in [3.05, 3.63) is 29.8 Å². The van der Waals surface area contributed by atoms with E-state index in [-0.39, 0.29) is 25.0 Å². The Bertz CT molecular complexity index is 488. The maximum Gasteiger partial charge on any atom is 0.320 e. The molecule has 1 aromatic carbocycles. The van der Waals surface area contributed by atoms with Gasteiger partial charge in [0.1, 0.15) is 0 Å². The highest BCUT2D eigenvalue weighted by Gasteiger charge is 2.18. The Morgan fingerprint density at radius 2 is 1.81 bits per heavy atom. The molecule has 0 fully saturated rings. The number of para-hydroxylation sites is 1. The SMILES string of the molecule is CCOC(=O)CN(C)CC(=O)N(CC)c1ccccc1C. The number of likely N-dealkylation sites (N-methyl/N-ethyl adjacent to an activating group) is 2. The van der Waals surface area contributed by atoms with Gasteiger partial charge in [0.15, 0.2) is 0 Å². The fourth-order valence-electron chi connectivity index (χ4n) is 2.15. The van der Waals surface area contributed by atoms with E-state index in [9.17, 15) is 9.59 Å². The maximum atomic E-state index is 12.4. The minimum absolute atomic E-state index is 0.0291. The van der Waals surface area contributed by atoms with Crippen molar-refractivity contribution in [2.45, 2.75) is 20.8 Å². The topological polar surface area (TPSA) is 49.9 Å². The number of carbonyl (C=O) groups is 2. The zero-order chi connectivity index (χ0) is 15.8. The van der Waals surface area contributed by atoms with E-state index in [1.54, 1.807) is 23.8 Å². The molecule has 1 aromatic rings. The molecule has 0 unspecified atom stereocenters. The summed E-state index contributed by atoms with van der Waals surface area (Å²) < 4.78 is 4.88. The lowest BCUT2D eigenvalue weighted by molar-refractivity contribution is -0.144. The van der Waals surface area contributed by atoms with Crippen molar-refractivity contribution in [1.29, 1.82) is 0 Å². The van der Waals surface area contributed by atoms with Gasteiger partial charge >= 0.3 is 5.97 Å². The molecule has 0 radical (unpaired) electrons. The van der Waals surface area contributed by atoms with Gasteiger partial charge in [-0.25, -0.2) is 0 Å². The Kier molecular flexibility index (Phi) is 6.88. The van der Waals surface area contributed by atoms with Crippen LogP contribution in [0.25, 0.3) is 0 Å². The van der Waals surface area contributed by atoms with Gasteiger partial charge in [-0.15, -0.1) is 0 Å². The van der Waals surface area contributed by atoms with Crippen molar-refractivity contribution in [2.24, 2.45) is 0 Å². The largest absolute Gasteiger partial charge is 0.465 e. The first-order valence-electron chi connectivity index (χ1n) is 7.19. The van der Waals surface area contributed by atoms with E-state index < -0.39 is 0 Å². The fourth-order valence-corrected chi connectivity index (χ4v) is 2.15. The van der Waals surface area contributed by atoms with E-state index >= 15 is 0 Å². The number of nitrogens with zero attached hydrogens (tertiary/aromatic N) is 2. The lowest BCUT2D eigenvalue weighted by atomic mass is 10.2. The molecule has 0 aliphatic rings. The lowest BCUT2D eigenvalue weighted by Gasteiger charge is -2.25. The molecule has 0 N–H and O–H groups in total. The van der Waals surface area contributed by atoms with Gasteiger partial charge in [-0.1, -0.05) is 18.2 Å². The number of esters is 1. The summed E-state index contributed by atoms with van der Waals surface area (Å²) in [5.74, 6) is -0.342. The van der Waals surface area contributed by atoms with Crippen LogP contribution in [0.3, 0.4) is 0 Å². The minimum atomic E-state index is -0.313. The first kappa shape index (κ1) is 17.2. The van der Waals surface area contributed by atoms with Gasteiger partial charge in [0.25, 0.3) is 0 Å². The van der Waals surface area contributed by atoms with Crippen LogP contribution < -0.4 is 4.90 Å². The molecule has 5 heteroatoms. The van der Waals surface area contributed by atoms with Crippen LogP contribution in [0.1, 0.15) is 19.4 Å². The number of hydrogen-bond donors (Lipinski definition) is 0. The Morgan fingerprint density at radius 3 is 2.38 bits per heavy atom. The molecule has 0 aliphatic heterocycles. The molecular weight excluding hydrogens is 268 g/mol. The van der Waals surface area contributed by atoms with Crippen molar-refractivity contribution < 1.29 is 14.3 Å². The smallest absolute Gasteiger partial charge is 0.320 e. The third-order valence-electron chi connectivity index (χ3n) is 3.13. The monoisotopic (exact) mass is 292 g/mol. The van der Waals surface area contributed by atoms with Gasteiger partial charge in [0.05, 0.1) is 19.7 Å². The molecule has 1 rings (SSSR count). The predicted octanol–water partition coefficient (Wildman–Crippen LogP) is 1.84. The van der Waals surface area contributed by atoms with E-state index in [0.717, 1.165) is 11.3 Å². The van der Waals surface area contributed by atoms with Gasteiger partial charge in [0.2, 0.25) is 5.91 Å². The Labute approximate surface area is 126 Å². The second-order valence-corrected chi connectivity index (χ2v) is 4.90. The van der Waals surface area contributed by atoms with Gasteiger partial charge in [0, 0.05) is 12.2 Å². The van der Waals surface area contributed by atoms with Gasteiger partial charge in [-0.05, 0) is 39.4 Å². The molecule has 5 nitrogen and oxygen atoms in total. The number of anilines is 1. The number of aryl methyl sites for hydroxylation is 1. The Hall–Kier alpha value is -1.88. The molecule has 21 heavy (non-hydrogen) atoms. The summed E-state index contributed by atoms with van der Waals surface area (Å²) in [6.45, 7) is 6.93. The molecular formula is C16H24N2O3. The van der Waals surface area contributed by atoms with Gasteiger partial charge in [-0.3, -0.25) is 14.5 Å². The predicted molar refractivity (Wildman–Crippen MR) is 83.3 cm³/mol. The summed E-state index contributed by atoms with van der Waals surface area (Å²) in [5.41, 5.74) is 1.97. The van der Waals surface area contributed by atoms with Crippen LogP contribution in [-0.2, 0) is 14.3 Å². The van der Waals surface area contributed by atoms with E-state index in [2.05, 4.69) is 0 Å². The Balaban J connectivity index is 2.68. The zero-order valence-electron chi connectivity index (χ0n) is 13.3. The van der Waals surface area contributed by atoms with Crippen LogP contribution in [0.15, 0.2) is 24.3 Å². The van der Waals surface area contributed by atoms with Crippen molar-refractivity contribution in [2.75, 3.05) is 38.2 Å². The molecule has 0 saturated carbocycles. The number of amides is 1. The third kappa shape index (κ3) is 5.19. The molecule has 0 saturated heterocycles. The van der Waals surface area contributed by atoms with Crippen LogP contribution in [0, 0.1) is 6.92 Å². The van der Waals surface area contributed by atoms with Crippen LogP contribution in [0.2, 0.25) is 0 Å².